The Morgan fingerprint density at radius 3 is 2.72 bits per heavy atom. The van der Waals surface area contributed by atoms with Crippen molar-refractivity contribution in [2.45, 2.75) is 76.6 Å². The Kier molecular flexibility index (Phi) is 8.44. The highest BCUT2D eigenvalue weighted by molar-refractivity contribution is 5.98. The fourth-order valence-corrected chi connectivity index (χ4v) is 7.93. The molecule has 10 heteroatoms. The van der Waals surface area contributed by atoms with Crippen molar-refractivity contribution in [2.24, 2.45) is 10.9 Å². The molecule has 0 amide bonds. The third-order valence-electron chi connectivity index (χ3n) is 10.5. The number of fused-ring (bicyclic) bond motifs is 3. The molecular formula is C37H42N2O8. The van der Waals surface area contributed by atoms with E-state index in [1.807, 2.05) is 19.1 Å². The average molecular weight is 643 g/mol. The first-order chi connectivity index (χ1) is 22.7. The van der Waals surface area contributed by atoms with Crippen molar-refractivity contribution < 1.29 is 38.7 Å². The zero-order chi connectivity index (χ0) is 32.9. The van der Waals surface area contributed by atoms with Crippen molar-refractivity contribution in [1.82, 2.24) is 5.32 Å². The zero-order valence-corrected chi connectivity index (χ0v) is 27.2. The molecule has 10 nitrogen and oxygen atoms in total. The lowest BCUT2D eigenvalue weighted by atomic mass is 9.76. The molecule has 0 aromatic heterocycles. The van der Waals surface area contributed by atoms with E-state index in [1.54, 1.807) is 20.1 Å². The summed E-state index contributed by atoms with van der Waals surface area (Å²) in [6.45, 7) is 5.59. The molecule has 1 aliphatic carbocycles. The molecule has 4 heterocycles. The van der Waals surface area contributed by atoms with Gasteiger partial charge < -0.3 is 34.5 Å². The summed E-state index contributed by atoms with van der Waals surface area (Å²) < 4.78 is 24.2. The van der Waals surface area contributed by atoms with E-state index >= 15 is 0 Å². The molecule has 0 unspecified atom stereocenters. The van der Waals surface area contributed by atoms with Crippen LogP contribution >= 0.6 is 0 Å². The van der Waals surface area contributed by atoms with Crippen LogP contribution in [0.1, 0.15) is 74.1 Å². The normalized spacial score (nSPS) is 24.8. The molecule has 7 rings (SSSR count). The molecular weight excluding hydrogens is 600 g/mol. The maximum Gasteiger partial charge on any atom is 0.374 e. The summed E-state index contributed by atoms with van der Waals surface area (Å²) in [7, 11) is 1.58. The first-order valence-corrected chi connectivity index (χ1v) is 16.7. The maximum absolute atomic E-state index is 13.4. The van der Waals surface area contributed by atoms with Crippen LogP contribution in [0.2, 0.25) is 0 Å². The molecule has 3 N–H and O–H groups in total. The summed E-state index contributed by atoms with van der Waals surface area (Å²) in [5.41, 5.74) is 3.24. The van der Waals surface area contributed by atoms with E-state index in [-0.39, 0.29) is 35.7 Å². The number of allylic oxidation sites excluding steroid dienone is 3. The minimum absolute atomic E-state index is 0.0167. The molecule has 5 aliphatic rings. The summed E-state index contributed by atoms with van der Waals surface area (Å²) in [5.74, 6) is 0.384. The first kappa shape index (κ1) is 31.6. The van der Waals surface area contributed by atoms with Crippen LogP contribution in [-0.4, -0.2) is 67.0 Å². The van der Waals surface area contributed by atoms with E-state index in [9.17, 15) is 19.8 Å². The van der Waals surface area contributed by atoms with Gasteiger partial charge in [0.25, 0.3) is 0 Å². The predicted molar refractivity (Wildman–Crippen MR) is 174 cm³/mol. The number of ether oxygens (including phenoxy) is 4. The third-order valence-corrected chi connectivity index (χ3v) is 10.5. The lowest BCUT2D eigenvalue weighted by Gasteiger charge is -2.39. The standard InChI is InChI=1S/C37H42N2O8/c1-4-45-36(42)30-17-25(21-6-8-29(41)24(16-21)20-5-7-28-22(15-20)9-14-39-28)32-34(44-3)26-18-31(37(2,43)23-10-12-38-13-11-23)47-33(26)27(19-40)35(32)46-30/h5,7,9,15,17,23-24,31,38,40,43H,4,6,8,10-14,16,18-19H2,1-3H3/b25-21-/t24-,31-,37+/m0/s1. The van der Waals surface area contributed by atoms with E-state index in [1.165, 1.54) is 0 Å². The highest BCUT2D eigenvalue weighted by Gasteiger charge is 2.48. The van der Waals surface area contributed by atoms with Gasteiger partial charge in [-0.05, 0) is 93.1 Å². The number of piperidine rings is 1. The Bertz CT molecular complexity index is 1820. The van der Waals surface area contributed by atoms with E-state index in [0.29, 0.717) is 54.9 Å². The van der Waals surface area contributed by atoms with Crippen LogP contribution in [0.5, 0.6) is 17.2 Å². The van der Waals surface area contributed by atoms with Gasteiger partial charge in [0.15, 0.2) is 0 Å². The Labute approximate surface area is 273 Å². The van der Waals surface area contributed by atoms with Gasteiger partial charge in [-0.1, -0.05) is 17.7 Å². The van der Waals surface area contributed by atoms with Gasteiger partial charge in [-0.2, -0.15) is 0 Å². The highest BCUT2D eigenvalue weighted by Crippen LogP contribution is 2.55. The minimum atomic E-state index is -1.13. The third kappa shape index (κ3) is 5.46. The number of Topliss-reactive ketones (excluding diaryl/α,β-unsaturated/α-hetero) is 1. The van der Waals surface area contributed by atoms with Gasteiger partial charge in [0.05, 0.1) is 43.4 Å². The van der Waals surface area contributed by atoms with Crippen LogP contribution in [0.15, 0.2) is 40.6 Å². The van der Waals surface area contributed by atoms with Crippen LogP contribution in [0.3, 0.4) is 0 Å². The van der Waals surface area contributed by atoms with Gasteiger partial charge in [0, 0.05) is 24.3 Å². The number of hydrogen-bond donors (Lipinski definition) is 3. The number of benzene rings is 2. The fourth-order valence-electron chi connectivity index (χ4n) is 7.93. The number of nitrogens with one attached hydrogen (secondary N) is 1. The van der Waals surface area contributed by atoms with E-state index < -0.39 is 24.3 Å². The number of carbonyl (C=O) groups is 2. The largest absolute Gasteiger partial charge is 0.496 e. The van der Waals surface area contributed by atoms with Crippen LogP contribution in [0.25, 0.3) is 11.6 Å². The summed E-state index contributed by atoms with van der Waals surface area (Å²) in [4.78, 5) is 31.0. The van der Waals surface area contributed by atoms with Crippen LogP contribution in [0.4, 0.5) is 0 Å². The Balaban J connectivity index is 1.36. The molecule has 2 aromatic carbocycles. The van der Waals surface area contributed by atoms with Crippen molar-refractivity contribution in [3.05, 3.63) is 68.4 Å². The zero-order valence-electron chi connectivity index (χ0n) is 27.2. The van der Waals surface area contributed by atoms with E-state index in [2.05, 4.69) is 22.5 Å². The summed E-state index contributed by atoms with van der Waals surface area (Å²) >= 11 is 0. The number of hydrogen-bond acceptors (Lipinski definition) is 10. The number of rotatable bonds is 7. The van der Waals surface area contributed by atoms with Gasteiger partial charge in [0.2, 0.25) is 5.76 Å². The number of nitrogens with zero attached hydrogens (tertiary/aromatic N) is 1. The van der Waals surface area contributed by atoms with Crippen molar-refractivity contribution in [3.63, 3.8) is 0 Å². The number of esters is 1. The minimum Gasteiger partial charge on any atom is -0.496 e. The molecule has 1 saturated carbocycles. The molecule has 4 aliphatic heterocycles. The first-order valence-electron chi connectivity index (χ1n) is 16.7. The van der Waals surface area contributed by atoms with E-state index in [0.717, 1.165) is 58.8 Å². The quantitative estimate of drug-likeness (QED) is 0.390. The van der Waals surface area contributed by atoms with Gasteiger partial charge in [-0.15, -0.1) is 0 Å². The monoisotopic (exact) mass is 642 g/mol. The van der Waals surface area contributed by atoms with Crippen LogP contribution in [-0.2, 0) is 27.4 Å². The van der Waals surface area contributed by atoms with Gasteiger partial charge >= 0.3 is 5.97 Å². The number of aliphatic hydroxyl groups is 2. The number of aliphatic hydroxyl groups excluding tert-OH is 1. The molecule has 0 radical (unpaired) electrons. The highest BCUT2D eigenvalue weighted by atomic mass is 16.6. The summed E-state index contributed by atoms with van der Waals surface area (Å²) in [6, 6.07) is 6.02. The van der Waals surface area contributed by atoms with Crippen LogP contribution < -0.4 is 30.1 Å². The molecule has 47 heavy (non-hydrogen) atoms. The Hall–Kier alpha value is -3.99. The second-order valence-electron chi connectivity index (χ2n) is 13.2. The molecule has 1 saturated heterocycles. The lowest BCUT2D eigenvalue weighted by Crippen LogP contribution is -2.51. The second-order valence-corrected chi connectivity index (χ2v) is 13.2. The van der Waals surface area contributed by atoms with Crippen molar-refractivity contribution in [1.29, 1.82) is 0 Å². The van der Waals surface area contributed by atoms with E-state index in [4.69, 9.17) is 18.9 Å². The van der Waals surface area contributed by atoms with Crippen molar-refractivity contribution in [2.75, 3.05) is 33.4 Å². The molecule has 2 aromatic rings. The maximum atomic E-state index is 13.4. The van der Waals surface area contributed by atoms with Crippen molar-refractivity contribution in [3.8, 4) is 17.2 Å². The summed E-state index contributed by atoms with van der Waals surface area (Å²) in [6.07, 6.45) is 6.51. The van der Waals surface area contributed by atoms with Gasteiger partial charge in [-0.3, -0.25) is 9.79 Å². The molecule has 0 spiro atoms. The fraction of sp³-hybridized carbons (Fsp3) is 0.486. The predicted octanol–water partition coefficient (Wildman–Crippen LogP) is 2.79. The lowest BCUT2D eigenvalue weighted by molar-refractivity contribution is -0.141. The molecule has 3 atom stereocenters. The SMILES string of the molecule is CCOC(=O)C1=C/C(=C2\CCC(=O)[C@H](c3ccc4c(c3)=CCN=4)C2)c2c(OC)c3c(c(CO)c2O1)O[C@H]([C@](C)(O)C1CCNCC1)C3. The Morgan fingerprint density at radius 1 is 1.17 bits per heavy atom. The van der Waals surface area contributed by atoms with Crippen molar-refractivity contribution >= 4 is 23.4 Å². The molecule has 0 bridgehead atoms. The second kappa shape index (κ2) is 12.6. The van der Waals surface area contributed by atoms with Gasteiger partial charge in [0.1, 0.15) is 34.7 Å². The number of methoxy groups -OCH3 is 1. The smallest absolute Gasteiger partial charge is 0.374 e. The Morgan fingerprint density at radius 2 is 1.98 bits per heavy atom. The van der Waals surface area contributed by atoms with Crippen LogP contribution in [0, 0.1) is 5.92 Å². The number of carbonyl (C=O) groups excluding carboxylic acids is 2. The average Bonchev–Trinajstić information content (AvgIpc) is 3.75. The van der Waals surface area contributed by atoms with Gasteiger partial charge in [-0.25, -0.2) is 4.79 Å². The summed E-state index contributed by atoms with van der Waals surface area (Å²) in [5, 5.41) is 28.0. The number of ketones is 1. The molecule has 248 valence electrons. The molecule has 2 fully saturated rings. The topological polar surface area (TPSA) is 136 Å².